The van der Waals surface area contributed by atoms with Crippen LogP contribution in [0.1, 0.15) is 25.7 Å². The van der Waals surface area contributed by atoms with E-state index in [-0.39, 0.29) is 6.03 Å². The molecule has 12 heavy (non-hydrogen) atoms. The van der Waals surface area contributed by atoms with Gasteiger partial charge in [-0.25, -0.2) is 9.86 Å². The summed E-state index contributed by atoms with van der Waals surface area (Å²) >= 11 is 0. The Hall–Kier alpha value is -0.770. The minimum absolute atomic E-state index is 0.0581. The lowest BCUT2D eigenvalue weighted by atomic mass is 10.3. The Morgan fingerprint density at radius 1 is 1.42 bits per heavy atom. The highest BCUT2D eigenvalue weighted by molar-refractivity contribution is 5.73. The Kier molecular flexibility index (Phi) is 2.17. The maximum Gasteiger partial charge on any atom is 0.341 e. The van der Waals surface area contributed by atoms with Crippen LogP contribution < -0.4 is 5.32 Å². The number of amides is 2. The average Bonchev–Trinajstić information content (AvgIpc) is 2.90. The Bertz CT molecular complexity index is 174. The molecule has 1 heterocycles. The van der Waals surface area contributed by atoms with Gasteiger partial charge >= 0.3 is 6.03 Å². The first kappa shape index (κ1) is 7.86. The SMILES string of the molecule is O=C(NC1CC1)N1CCCCO1. The smallest absolute Gasteiger partial charge is 0.333 e. The van der Waals surface area contributed by atoms with Crippen molar-refractivity contribution < 1.29 is 9.63 Å². The maximum atomic E-state index is 11.3. The van der Waals surface area contributed by atoms with Crippen molar-refractivity contribution in [3.63, 3.8) is 0 Å². The molecule has 4 nitrogen and oxygen atoms in total. The highest BCUT2D eigenvalue weighted by Gasteiger charge is 2.26. The van der Waals surface area contributed by atoms with E-state index in [4.69, 9.17) is 4.84 Å². The van der Waals surface area contributed by atoms with Gasteiger partial charge in [-0.1, -0.05) is 0 Å². The lowest BCUT2D eigenvalue weighted by molar-refractivity contribution is -0.139. The predicted octanol–water partition coefficient (Wildman–Crippen LogP) is 0.886. The standard InChI is InChI=1S/C8H14N2O2/c11-8(9-7-3-4-7)10-5-1-2-6-12-10/h7H,1-6H2,(H,9,11). The molecule has 1 N–H and O–H groups in total. The van der Waals surface area contributed by atoms with E-state index in [1.54, 1.807) is 0 Å². The summed E-state index contributed by atoms with van der Waals surface area (Å²) in [6, 6.07) is 0.361. The zero-order chi connectivity index (χ0) is 8.39. The van der Waals surface area contributed by atoms with Crippen LogP contribution in [0.15, 0.2) is 0 Å². The number of hydrogen-bond acceptors (Lipinski definition) is 2. The van der Waals surface area contributed by atoms with Crippen molar-refractivity contribution in [3.8, 4) is 0 Å². The van der Waals surface area contributed by atoms with Crippen LogP contribution in [0.3, 0.4) is 0 Å². The summed E-state index contributed by atoms with van der Waals surface area (Å²) in [6.07, 6.45) is 4.37. The largest absolute Gasteiger partial charge is 0.341 e. The van der Waals surface area contributed by atoms with E-state index < -0.39 is 0 Å². The third-order valence-electron chi connectivity index (χ3n) is 2.13. The van der Waals surface area contributed by atoms with Gasteiger partial charge < -0.3 is 5.32 Å². The molecule has 0 aromatic heterocycles. The van der Waals surface area contributed by atoms with Gasteiger partial charge in [-0.05, 0) is 25.7 Å². The molecule has 2 aliphatic rings. The van der Waals surface area contributed by atoms with Gasteiger partial charge in [0.25, 0.3) is 0 Å². The predicted molar refractivity (Wildman–Crippen MR) is 43.4 cm³/mol. The second-order valence-corrected chi connectivity index (χ2v) is 3.37. The van der Waals surface area contributed by atoms with Gasteiger partial charge in [0, 0.05) is 6.04 Å². The fourth-order valence-corrected chi connectivity index (χ4v) is 1.23. The number of carbonyl (C=O) groups is 1. The van der Waals surface area contributed by atoms with Crippen LogP contribution in [0.4, 0.5) is 4.79 Å². The Labute approximate surface area is 71.8 Å². The van der Waals surface area contributed by atoms with Crippen molar-refractivity contribution in [2.45, 2.75) is 31.7 Å². The summed E-state index contributed by atoms with van der Waals surface area (Å²) < 4.78 is 0. The molecule has 2 amide bonds. The Morgan fingerprint density at radius 3 is 2.83 bits per heavy atom. The molecule has 0 atom stereocenters. The molecule has 0 aromatic rings. The van der Waals surface area contributed by atoms with E-state index in [2.05, 4.69) is 5.32 Å². The van der Waals surface area contributed by atoms with Crippen molar-refractivity contribution in [2.75, 3.05) is 13.2 Å². The highest BCUT2D eigenvalue weighted by atomic mass is 16.7. The fourth-order valence-electron chi connectivity index (χ4n) is 1.23. The number of carbonyl (C=O) groups excluding carboxylic acids is 1. The third kappa shape index (κ3) is 1.88. The molecular weight excluding hydrogens is 156 g/mol. The minimum Gasteiger partial charge on any atom is -0.333 e. The maximum absolute atomic E-state index is 11.3. The molecule has 0 spiro atoms. The number of nitrogens with zero attached hydrogens (tertiary/aromatic N) is 1. The van der Waals surface area contributed by atoms with E-state index in [9.17, 15) is 4.79 Å². The molecule has 0 bridgehead atoms. The molecule has 1 saturated carbocycles. The van der Waals surface area contributed by atoms with Crippen molar-refractivity contribution in [1.29, 1.82) is 0 Å². The molecule has 1 saturated heterocycles. The Balaban J connectivity index is 1.76. The quantitative estimate of drug-likeness (QED) is 0.635. The first-order valence-electron chi connectivity index (χ1n) is 4.57. The molecule has 2 rings (SSSR count). The number of hydrogen-bond donors (Lipinski definition) is 1. The Morgan fingerprint density at radius 2 is 2.25 bits per heavy atom. The molecule has 0 aromatic carbocycles. The monoisotopic (exact) mass is 170 g/mol. The molecule has 0 unspecified atom stereocenters. The van der Waals surface area contributed by atoms with E-state index in [1.165, 1.54) is 5.06 Å². The fraction of sp³-hybridized carbons (Fsp3) is 0.875. The van der Waals surface area contributed by atoms with Crippen molar-refractivity contribution in [2.24, 2.45) is 0 Å². The molecule has 68 valence electrons. The van der Waals surface area contributed by atoms with Crippen LogP contribution in [0.25, 0.3) is 0 Å². The van der Waals surface area contributed by atoms with E-state index in [0.717, 1.165) is 32.2 Å². The number of urea groups is 1. The number of hydroxylamine groups is 2. The lowest BCUT2D eigenvalue weighted by Crippen LogP contribution is -2.43. The van der Waals surface area contributed by atoms with Gasteiger partial charge in [-0.15, -0.1) is 0 Å². The summed E-state index contributed by atoms with van der Waals surface area (Å²) in [6.45, 7) is 1.41. The topological polar surface area (TPSA) is 41.6 Å². The molecule has 4 heteroatoms. The van der Waals surface area contributed by atoms with Crippen molar-refractivity contribution >= 4 is 6.03 Å². The van der Waals surface area contributed by atoms with Crippen LogP contribution in [0, 0.1) is 0 Å². The van der Waals surface area contributed by atoms with Gasteiger partial charge in [-0.3, -0.25) is 4.84 Å². The normalized spacial score (nSPS) is 23.8. The molecule has 0 radical (unpaired) electrons. The molecule has 2 fully saturated rings. The second-order valence-electron chi connectivity index (χ2n) is 3.37. The highest BCUT2D eigenvalue weighted by Crippen LogP contribution is 2.19. The summed E-state index contributed by atoms with van der Waals surface area (Å²) in [4.78, 5) is 16.5. The van der Waals surface area contributed by atoms with Crippen molar-refractivity contribution in [3.05, 3.63) is 0 Å². The van der Waals surface area contributed by atoms with E-state index >= 15 is 0 Å². The van der Waals surface area contributed by atoms with E-state index in [0.29, 0.717) is 12.6 Å². The van der Waals surface area contributed by atoms with Crippen LogP contribution in [0.2, 0.25) is 0 Å². The van der Waals surface area contributed by atoms with Crippen LogP contribution >= 0.6 is 0 Å². The van der Waals surface area contributed by atoms with Crippen LogP contribution in [-0.2, 0) is 4.84 Å². The summed E-state index contributed by atoms with van der Waals surface area (Å²) in [7, 11) is 0. The van der Waals surface area contributed by atoms with Crippen LogP contribution in [0.5, 0.6) is 0 Å². The third-order valence-corrected chi connectivity index (χ3v) is 2.13. The molecular formula is C8H14N2O2. The van der Waals surface area contributed by atoms with Crippen LogP contribution in [-0.4, -0.2) is 30.3 Å². The molecule has 1 aliphatic carbocycles. The van der Waals surface area contributed by atoms with Gasteiger partial charge in [0.15, 0.2) is 0 Å². The summed E-state index contributed by atoms with van der Waals surface area (Å²) in [5, 5.41) is 4.33. The summed E-state index contributed by atoms with van der Waals surface area (Å²) in [5.41, 5.74) is 0. The number of nitrogens with one attached hydrogen (secondary N) is 1. The van der Waals surface area contributed by atoms with Gasteiger partial charge in [0.2, 0.25) is 0 Å². The van der Waals surface area contributed by atoms with Gasteiger partial charge in [0.05, 0.1) is 13.2 Å². The van der Waals surface area contributed by atoms with E-state index in [1.807, 2.05) is 0 Å². The number of rotatable bonds is 1. The zero-order valence-corrected chi connectivity index (χ0v) is 7.08. The second kappa shape index (κ2) is 3.31. The first-order valence-corrected chi connectivity index (χ1v) is 4.57. The van der Waals surface area contributed by atoms with Gasteiger partial charge in [-0.2, -0.15) is 0 Å². The minimum atomic E-state index is -0.0581. The van der Waals surface area contributed by atoms with Gasteiger partial charge in [0.1, 0.15) is 0 Å². The van der Waals surface area contributed by atoms with Crippen molar-refractivity contribution in [1.82, 2.24) is 10.4 Å². The summed E-state index contributed by atoms with van der Waals surface area (Å²) in [5.74, 6) is 0. The lowest BCUT2D eigenvalue weighted by Gasteiger charge is -2.25. The average molecular weight is 170 g/mol. The zero-order valence-electron chi connectivity index (χ0n) is 7.08. The molecule has 1 aliphatic heterocycles. The first-order chi connectivity index (χ1) is 5.86.